The maximum Gasteiger partial charge on any atom is 0.209 e. The lowest BCUT2D eigenvalue weighted by molar-refractivity contribution is 0.186. The molecule has 3 rings (SSSR count). The fourth-order valence-electron chi connectivity index (χ4n) is 3.75. The molecule has 2 aliphatic heterocycles. The summed E-state index contributed by atoms with van der Waals surface area (Å²) in [5.74, 6) is -1.34. The molecule has 2 heterocycles. The maximum atomic E-state index is 14.7. The van der Waals surface area contributed by atoms with Crippen LogP contribution in [0, 0.1) is 5.82 Å². The van der Waals surface area contributed by atoms with Crippen LogP contribution in [0.3, 0.4) is 0 Å². The van der Waals surface area contributed by atoms with Crippen molar-refractivity contribution in [1.29, 1.82) is 0 Å². The number of hydrogen-bond acceptors (Lipinski definition) is 7. The van der Waals surface area contributed by atoms with E-state index < -0.39 is 5.79 Å². The van der Waals surface area contributed by atoms with Gasteiger partial charge in [-0.3, -0.25) is 11.2 Å². The van der Waals surface area contributed by atoms with Crippen LogP contribution in [-0.2, 0) is 5.79 Å². The number of nitrogens with zero attached hydrogens (tertiary/aromatic N) is 3. The normalized spacial score (nSPS) is 24.5. The fraction of sp³-hybridized carbons (Fsp3) is 0.588. The molecule has 2 aliphatic rings. The van der Waals surface area contributed by atoms with Gasteiger partial charge in [0.15, 0.2) is 0 Å². The molecule has 1 unspecified atom stereocenters. The Morgan fingerprint density at radius 2 is 2.00 bits per heavy atom. The molecule has 6 N–H and O–H groups in total. The topological polar surface area (TPSA) is 94.9 Å². The first-order chi connectivity index (χ1) is 12.0. The second kappa shape index (κ2) is 7.15. The molecule has 0 spiro atoms. The number of nitrogens with two attached hydrogens (primary N) is 2. The molecule has 7 nitrogen and oxygen atoms in total. The average Bonchev–Trinajstić information content (AvgIpc) is 2.97. The first-order valence-corrected chi connectivity index (χ1v) is 8.93. The highest BCUT2D eigenvalue weighted by Gasteiger charge is 2.33. The fourth-order valence-corrected chi connectivity index (χ4v) is 3.75. The van der Waals surface area contributed by atoms with Crippen molar-refractivity contribution in [2.45, 2.75) is 38.5 Å². The van der Waals surface area contributed by atoms with Crippen LogP contribution < -0.4 is 27.2 Å². The first kappa shape index (κ1) is 17.9. The van der Waals surface area contributed by atoms with E-state index in [-0.39, 0.29) is 11.8 Å². The van der Waals surface area contributed by atoms with Gasteiger partial charge in [0.05, 0.1) is 5.69 Å². The summed E-state index contributed by atoms with van der Waals surface area (Å²) in [6, 6.07) is 5.60. The van der Waals surface area contributed by atoms with Crippen molar-refractivity contribution < 1.29 is 4.39 Å². The minimum atomic E-state index is -1.24. The van der Waals surface area contributed by atoms with Crippen molar-refractivity contribution in [2.75, 3.05) is 31.1 Å². The van der Waals surface area contributed by atoms with Crippen LogP contribution in [0.4, 0.5) is 10.1 Å². The van der Waals surface area contributed by atoms with Gasteiger partial charge in [-0.2, -0.15) is 5.43 Å². The molecule has 0 aromatic heterocycles. The van der Waals surface area contributed by atoms with E-state index in [9.17, 15) is 4.39 Å². The molecular weight excluding hydrogens is 321 g/mol. The van der Waals surface area contributed by atoms with Gasteiger partial charge in [-0.05, 0) is 38.1 Å². The van der Waals surface area contributed by atoms with Crippen molar-refractivity contribution in [3.63, 3.8) is 0 Å². The standard InChI is InChI=1S/C17H28FN7/c1-3-24(4-2)13-7-9-25(10-8-13)15-6-5-12(11-14(15)18)17(20)21-16(19)22-23-17/h5-6,11,13,23H,3-4,7-10,20H2,1-2H3,(H3,19,21,22). The van der Waals surface area contributed by atoms with Crippen LogP contribution in [0.2, 0.25) is 0 Å². The number of benzene rings is 1. The molecule has 1 fully saturated rings. The number of halogens is 1. The van der Waals surface area contributed by atoms with E-state index in [0.717, 1.165) is 39.0 Å². The third-order valence-corrected chi connectivity index (χ3v) is 5.20. The predicted molar refractivity (Wildman–Crippen MR) is 98.3 cm³/mol. The number of aliphatic imine (C=N–C) groups is 1. The maximum absolute atomic E-state index is 14.7. The summed E-state index contributed by atoms with van der Waals surface area (Å²) in [6.45, 7) is 8.23. The van der Waals surface area contributed by atoms with Crippen molar-refractivity contribution in [3.05, 3.63) is 29.6 Å². The van der Waals surface area contributed by atoms with Crippen LogP contribution in [0.1, 0.15) is 32.3 Å². The second-order valence-electron chi connectivity index (χ2n) is 6.62. The lowest BCUT2D eigenvalue weighted by Crippen LogP contribution is -2.50. The number of hydrazine groups is 1. The van der Waals surface area contributed by atoms with Gasteiger partial charge < -0.3 is 15.5 Å². The Labute approximate surface area is 148 Å². The van der Waals surface area contributed by atoms with Gasteiger partial charge in [-0.15, -0.1) is 0 Å². The number of nitrogens with one attached hydrogen (secondary N) is 2. The van der Waals surface area contributed by atoms with Gasteiger partial charge >= 0.3 is 0 Å². The van der Waals surface area contributed by atoms with E-state index >= 15 is 0 Å². The van der Waals surface area contributed by atoms with Gasteiger partial charge in [0, 0.05) is 24.7 Å². The van der Waals surface area contributed by atoms with Gasteiger partial charge in [-0.25, -0.2) is 9.38 Å². The zero-order valence-electron chi connectivity index (χ0n) is 14.9. The van der Waals surface area contributed by atoms with E-state index in [0.29, 0.717) is 17.3 Å². The molecule has 8 heteroatoms. The van der Waals surface area contributed by atoms with E-state index in [1.165, 1.54) is 6.07 Å². The van der Waals surface area contributed by atoms with E-state index in [4.69, 9.17) is 11.5 Å². The quantitative estimate of drug-likeness (QED) is 0.623. The third kappa shape index (κ3) is 3.56. The summed E-state index contributed by atoms with van der Waals surface area (Å²) in [6.07, 6.45) is 2.10. The molecule has 25 heavy (non-hydrogen) atoms. The Morgan fingerprint density at radius 1 is 1.32 bits per heavy atom. The zero-order valence-corrected chi connectivity index (χ0v) is 14.9. The SMILES string of the molecule is CCN(CC)C1CCN(c2ccc(C3(N)N=C(N)NN3)cc2F)CC1. The van der Waals surface area contributed by atoms with Crippen molar-refractivity contribution in [3.8, 4) is 0 Å². The molecule has 0 amide bonds. The summed E-state index contributed by atoms with van der Waals surface area (Å²) in [7, 11) is 0. The monoisotopic (exact) mass is 349 g/mol. The Bertz CT molecular complexity index is 638. The van der Waals surface area contributed by atoms with Crippen LogP contribution >= 0.6 is 0 Å². The Morgan fingerprint density at radius 3 is 2.52 bits per heavy atom. The molecule has 138 valence electrons. The molecule has 0 radical (unpaired) electrons. The van der Waals surface area contributed by atoms with Gasteiger partial charge in [0.1, 0.15) is 5.82 Å². The molecule has 1 aromatic rings. The summed E-state index contributed by atoms with van der Waals surface area (Å²) in [5, 5.41) is 0. The molecule has 1 saturated heterocycles. The van der Waals surface area contributed by atoms with Crippen molar-refractivity contribution in [1.82, 2.24) is 15.8 Å². The van der Waals surface area contributed by atoms with E-state index in [1.807, 2.05) is 0 Å². The number of anilines is 1. The largest absolute Gasteiger partial charge is 0.369 e. The zero-order chi connectivity index (χ0) is 18.0. The lowest BCUT2D eigenvalue weighted by Gasteiger charge is -2.39. The first-order valence-electron chi connectivity index (χ1n) is 8.93. The van der Waals surface area contributed by atoms with Gasteiger partial charge in [0.25, 0.3) is 0 Å². The average molecular weight is 349 g/mol. The summed E-state index contributed by atoms with van der Waals surface area (Å²) < 4.78 is 14.7. The lowest BCUT2D eigenvalue weighted by atomic mass is 10.0. The molecule has 1 atom stereocenters. The molecular formula is C17H28FN7. The van der Waals surface area contributed by atoms with Crippen LogP contribution in [0.15, 0.2) is 23.2 Å². The minimum Gasteiger partial charge on any atom is -0.369 e. The predicted octanol–water partition coefficient (Wildman–Crippen LogP) is 0.628. The second-order valence-corrected chi connectivity index (χ2v) is 6.62. The number of rotatable bonds is 5. The smallest absolute Gasteiger partial charge is 0.209 e. The Hall–Kier alpha value is -1.90. The van der Waals surface area contributed by atoms with Crippen LogP contribution in [0.25, 0.3) is 0 Å². The minimum absolute atomic E-state index is 0.186. The summed E-state index contributed by atoms with van der Waals surface area (Å²) in [5.41, 5.74) is 18.3. The number of guanidine groups is 1. The van der Waals surface area contributed by atoms with Crippen molar-refractivity contribution >= 4 is 11.6 Å². The van der Waals surface area contributed by atoms with Gasteiger partial charge in [-0.1, -0.05) is 19.9 Å². The molecule has 0 saturated carbocycles. The number of hydrogen-bond donors (Lipinski definition) is 4. The van der Waals surface area contributed by atoms with Crippen LogP contribution in [-0.4, -0.2) is 43.1 Å². The highest BCUT2D eigenvalue weighted by Crippen LogP contribution is 2.28. The van der Waals surface area contributed by atoms with Crippen LogP contribution in [0.5, 0.6) is 0 Å². The highest BCUT2D eigenvalue weighted by atomic mass is 19.1. The van der Waals surface area contributed by atoms with E-state index in [1.54, 1.807) is 12.1 Å². The number of piperidine rings is 1. The summed E-state index contributed by atoms with van der Waals surface area (Å²) >= 11 is 0. The highest BCUT2D eigenvalue weighted by molar-refractivity contribution is 5.79. The van der Waals surface area contributed by atoms with Crippen molar-refractivity contribution in [2.24, 2.45) is 16.5 Å². The Kier molecular flexibility index (Phi) is 5.12. The molecule has 0 aliphatic carbocycles. The third-order valence-electron chi connectivity index (χ3n) is 5.20. The van der Waals surface area contributed by atoms with Gasteiger partial charge in [0.2, 0.25) is 11.7 Å². The molecule has 1 aromatic carbocycles. The Balaban J connectivity index is 1.71. The van der Waals surface area contributed by atoms with E-state index in [2.05, 4.69) is 39.5 Å². The molecule has 0 bridgehead atoms. The summed E-state index contributed by atoms with van der Waals surface area (Å²) in [4.78, 5) is 8.68.